The van der Waals surface area contributed by atoms with E-state index in [-0.39, 0.29) is 11.7 Å². The summed E-state index contributed by atoms with van der Waals surface area (Å²) in [6.07, 6.45) is 1.11. The molecule has 0 aromatic heterocycles. The number of hydrogen-bond acceptors (Lipinski definition) is 4. The lowest BCUT2D eigenvalue weighted by atomic mass is 10.2. The molecule has 3 rings (SSSR count). The van der Waals surface area contributed by atoms with Crippen LogP contribution in [0.1, 0.15) is 6.92 Å². The summed E-state index contributed by atoms with van der Waals surface area (Å²) < 4.78 is 38.9. The van der Waals surface area contributed by atoms with Crippen LogP contribution in [0.2, 0.25) is 0 Å². The lowest BCUT2D eigenvalue weighted by Gasteiger charge is -2.39. The summed E-state index contributed by atoms with van der Waals surface area (Å²) in [6, 6.07) is 14.1. The van der Waals surface area contributed by atoms with Gasteiger partial charge in [0.15, 0.2) is 0 Å². The van der Waals surface area contributed by atoms with Crippen molar-refractivity contribution >= 4 is 27.3 Å². The molecule has 1 heterocycles. The number of carbonyl (C=O) groups excluding carboxylic acids is 1. The van der Waals surface area contributed by atoms with Gasteiger partial charge in [-0.3, -0.25) is 9.10 Å². The molecule has 1 aliphatic rings. The molecule has 1 saturated heterocycles. The smallest absolute Gasteiger partial charge is 0.246 e. The Morgan fingerprint density at radius 3 is 2.11 bits per heavy atom. The second-order valence-corrected chi connectivity index (χ2v) is 8.72. The molecule has 1 amide bonds. The highest BCUT2D eigenvalue weighted by Gasteiger charge is 2.33. The van der Waals surface area contributed by atoms with E-state index in [1.54, 1.807) is 54.3 Å². The highest BCUT2D eigenvalue weighted by Crippen LogP contribution is 2.22. The number of halogens is 1. The van der Waals surface area contributed by atoms with Crippen molar-refractivity contribution < 1.29 is 17.6 Å². The Kier molecular flexibility index (Phi) is 5.88. The van der Waals surface area contributed by atoms with Crippen LogP contribution >= 0.6 is 0 Å². The van der Waals surface area contributed by atoms with Gasteiger partial charge in [0.05, 0.1) is 11.9 Å². The third-order valence-corrected chi connectivity index (χ3v) is 6.10. The van der Waals surface area contributed by atoms with Gasteiger partial charge in [-0.15, -0.1) is 0 Å². The number of amides is 1. The van der Waals surface area contributed by atoms with Gasteiger partial charge >= 0.3 is 0 Å². The van der Waals surface area contributed by atoms with Gasteiger partial charge in [0.25, 0.3) is 0 Å². The van der Waals surface area contributed by atoms with Crippen LogP contribution in [0.5, 0.6) is 0 Å². The first-order valence-electron chi connectivity index (χ1n) is 9.11. The molecule has 0 radical (unpaired) electrons. The maximum Gasteiger partial charge on any atom is 0.246 e. The van der Waals surface area contributed by atoms with Crippen LogP contribution in [0.4, 0.5) is 15.8 Å². The van der Waals surface area contributed by atoms with E-state index in [9.17, 15) is 17.6 Å². The monoisotopic (exact) mass is 405 g/mol. The molecule has 6 nitrogen and oxygen atoms in total. The zero-order valence-corrected chi connectivity index (χ0v) is 16.8. The Labute approximate surface area is 165 Å². The zero-order chi connectivity index (χ0) is 20.3. The molecule has 150 valence electrons. The number of hydrogen-bond donors (Lipinski definition) is 0. The molecule has 0 unspecified atom stereocenters. The van der Waals surface area contributed by atoms with Gasteiger partial charge in [0.1, 0.15) is 11.9 Å². The molecule has 28 heavy (non-hydrogen) atoms. The molecule has 0 N–H and O–H groups in total. The Morgan fingerprint density at radius 2 is 1.57 bits per heavy atom. The third-order valence-electron chi connectivity index (χ3n) is 4.86. The van der Waals surface area contributed by atoms with E-state index in [1.165, 1.54) is 16.4 Å². The topological polar surface area (TPSA) is 60.9 Å². The lowest BCUT2D eigenvalue weighted by molar-refractivity contribution is -0.132. The zero-order valence-electron chi connectivity index (χ0n) is 16.0. The van der Waals surface area contributed by atoms with Crippen molar-refractivity contribution in [3.8, 4) is 0 Å². The maximum atomic E-state index is 13.1. The van der Waals surface area contributed by atoms with Gasteiger partial charge in [0.2, 0.25) is 15.9 Å². The maximum absolute atomic E-state index is 13.1. The SMILES string of the molecule is C[C@@H](C(=O)N1CCN(c2ccc(F)cc2)CC1)N(c1ccccc1)S(C)(=O)=O. The molecule has 1 aliphatic heterocycles. The molecular weight excluding hydrogens is 381 g/mol. The van der Waals surface area contributed by atoms with E-state index in [1.807, 2.05) is 0 Å². The van der Waals surface area contributed by atoms with Crippen LogP contribution in [0.15, 0.2) is 54.6 Å². The van der Waals surface area contributed by atoms with Crippen molar-refractivity contribution in [1.29, 1.82) is 0 Å². The molecule has 1 atom stereocenters. The molecule has 0 saturated carbocycles. The minimum Gasteiger partial charge on any atom is -0.368 e. The number of anilines is 2. The number of nitrogens with zero attached hydrogens (tertiary/aromatic N) is 3. The average molecular weight is 405 g/mol. The first-order chi connectivity index (χ1) is 13.3. The largest absolute Gasteiger partial charge is 0.368 e. The molecule has 0 aliphatic carbocycles. The number of piperazine rings is 1. The lowest BCUT2D eigenvalue weighted by Crippen LogP contribution is -2.55. The minimum absolute atomic E-state index is 0.229. The summed E-state index contributed by atoms with van der Waals surface area (Å²) in [5.74, 6) is -0.513. The van der Waals surface area contributed by atoms with E-state index < -0.39 is 16.1 Å². The van der Waals surface area contributed by atoms with Crippen molar-refractivity contribution in [3.05, 3.63) is 60.4 Å². The number of carbonyl (C=O) groups is 1. The van der Waals surface area contributed by atoms with E-state index in [0.717, 1.165) is 11.9 Å². The number of benzene rings is 2. The second kappa shape index (κ2) is 8.18. The van der Waals surface area contributed by atoms with Gasteiger partial charge in [-0.2, -0.15) is 0 Å². The fraction of sp³-hybridized carbons (Fsp3) is 0.350. The van der Waals surface area contributed by atoms with Crippen LogP contribution < -0.4 is 9.21 Å². The summed E-state index contributed by atoms with van der Waals surface area (Å²) in [7, 11) is -3.62. The fourth-order valence-corrected chi connectivity index (χ4v) is 4.65. The summed E-state index contributed by atoms with van der Waals surface area (Å²) >= 11 is 0. The Bertz CT molecular complexity index is 911. The first kappa shape index (κ1) is 20.1. The fourth-order valence-electron chi connectivity index (χ4n) is 3.48. The normalized spacial score (nSPS) is 16.0. The van der Waals surface area contributed by atoms with Crippen molar-refractivity contribution in [2.24, 2.45) is 0 Å². The summed E-state index contributed by atoms with van der Waals surface area (Å²) in [5, 5.41) is 0. The van der Waals surface area contributed by atoms with Gasteiger partial charge in [-0.05, 0) is 43.3 Å². The highest BCUT2D eigenvalue weighted by atomic mass is 32.2. The van der Waals surface area contributed by atoms with E-state index in [2.05, 4.69) is 4.90 Å². The van der Waals surface area contributed by atoms with E-state index in [4.69, 9.17) is 0 Å². The van der Waals surface area contributed by atoms with Gasteiger partial charge in [0, 0.05) is 31.9 Å². The van der Waals surface area contributed by atoms with Crippen LogP contribution in [0.25, 0.3) is 0 Å². The number of rotatable bonds is 5. The van der Waals surface area contributed by atoms with Crippen molar-refractivity contribution in [2.75, 3.05) is 41.6 Å². The summed E-state index contributed by atoms with van der Waals surface area (Å²) in [6.45, 7) is 3.78. The van der Waals surface area contributed by atoms with Crippen molar-refractivity contribution in [1.82, 2.24) is 4.90 Å². The van der Waals surface area contributed by atoms with Gasteiger partial charge in [-0.25, -0.2) is 12.8 Å². The summed E-state index contributed by atoms with van der Waals surface area (Å²) in [5.41, 5.74) is 1.37. The summed E-state index contributed by atoms with van der Waals surface area (Å²) in [4.78, 5) is 16.8. The molecule has 1 fully saturated rings. The van der Waals surface area contributed by atoms with Crippen LogP contribution in [-0.2, 0) is 14.8 Å². The number of para-hydroxylation sites is 1. The molecule has 2 aromatic rings. The van der Waals surface area contributed by atoms with E-state index in [0.29, 0.717) is 31.9 Å². The van der Waals surface area contributed by atoms with Gasteiger partial charge in [-0.1, -0.05) is 18.2 Å². The Hall–Kier alpha value is -2.61. The predicted octanol–water partition coefficient (Wildman–Crippen LogP) is 2.33. The molecule has 0 bridgehead atoms. The van der Waals surface area contributed by atoms with Crippen LogP contribution in [0.3, 0.4) is 0 Å². The molecule has 8 heteroatoms. The number of sulfonamides is 1. The average Bonchev–Trinajstić information content (AvgIpc) is 2.68. The van der Waals surface area contributed by atoms with Crippen molar-refractivity contribution in [3.63, 3.8) is 0 Å². The van der Waals surface area contributed by atoms with Crippen LogP contribution in [0, 0.1) is 5.82 Å². The van der Waals surface area contributed by atoms with Crippen molar-refractivity contribution in [2.45, 2.75) is 13.0 Å². The molecule has 2 aromatic carbocycles. The third kappa shape index (κ3) is 4.44. The highest BCUT2D eigenvalue weighted by molar-refractivity contribution is 7.92. The molecular formula is C20H24FN3O3S. The van der Waals surface area contributed by atoms with Crippen LogP contribution in [-0.4, -0.2) is 57.7 Å². The van der Waals surface area contributed by atoms with E-state index >= 15 is 0 Å². The molecule has 0 spiro atoms. The minimum atomic E-state index is -3.62. The first-order valence-corrected chi connectivity index (χ1v) is 11.0. The Balaban J connectivity index is 1.70. The predicted molar refractivity (Wildman–Crippen MR) is 108 cm³/mol. The van der Waals surface area contributed by atoms with Gasteiger partial charge < -0.3 is 9.80 Å². The standard InChI is InChI=1S/C20H24FN3O3S/c1-16(24(28(2,26)27)19-6-4-3-5-7-19)20(25)23-14-12-22(13-15-23)18-10-8-17(21)9-11-18/h3-11,16H,12-15H2,1-2H3/t16-/m0/s1. The second-order valence-electron chi connectivity index (χ2n) is 6.86. The quantitative estimate of drug-likeness (QED) is 0.766. The Morgan fingerprint density at radius 1 is 1.00 bits per heavy atom.